The Morgan fingerprint density at radius 2 is 1.70 bits per heavy atom. The maximum Gasteiger partial charge on any atom is 0.271 e. The first-order valence-corrected chi connectivity index (χ1v) is 15.7. The fourth-order valence-electron chi connectivity index (χ4n) is 5.35. The van der Waals surface area contributed by atoms with Gasteiger partial charge in [0, 0.05) is 5.69 Å². The van der Waals surface area contributed by atoms with Crippen LogP contribution in [-0.4, -0.2) is 24.2 Å². The van der Waals surface area contributed by atoms with Crippen molar-refractivity contribution < 1.29 is 19.0 Å². The first kappa shape index (κ1) is 30.6. The molecule has 5 aromatic rings. The lowest BCUT2D eigenvalue weighted by molar-refractivity contribution is -0.113. The molecule has 0 fully saturated rings. The summed E-state index contributed by atoms with van der Waals surface area (Å²) in [7, 11) is 1.59. The molecule has 1 N–H and O–H groups in total. The number of benzene rings is 4. The minimum atomic E-state index is -0.718. The van der Waals surface area contributed by atoms with Crippen molar-refractivity contribution in [3.63, 3.8) is 0 Å². The first-order chi connectivity index (χ1) is 22.4. The zero-order valence-electron chi connectivity index (χ0n) is 25.7. The summed E-state index contributed by atoms with van der Waals surface area (Å²) in [6.07, 6.45) is 1.82. The predicted molar refractivity (Wildman–Crippen MR) is 180 cm³/mol. The Morgan fingerprint density at radius 1 is 0.935 bits per heavy atom. The average Bonchev–Trinajstić information content (AvgIpc) is 3.38. The van der Waals surface area contributed by atoms with Gasteiger partial charge in [-0.05, 0) is 73.0 Å². The number of aromatic nitrogens is 1. The fraction of sp³-hybridized carbons (Fsp3) is 0.162. The molecule has 9 heteroatoms. The number of allylic oxidation sites excluding steroid dienone is 1. The summed E-state index contributed by atoms with van der Waals surface area (Å²) in [4.78, 5) is 33.2. The van der Waals surface area contributed by atoms with Crippen molar-refractivity contribution in [3.8, 4) is 17.2 Å². The van der Waals surface area contributed by atoms with E-state index in [0.717, 1.165) is 16.7 Å². The van der Waals surface area contributed by atoms with Crippen LogP contribution in [0.25, 0.3) is 6.08 Å². The van der Waals surface area contributed by atoms with E-state index in [9.17, 15) is 9.59 Å². The average molecular weight is 632 g/mol. The van der Waals surface area contributed by atoms with Crippen LogP contribution in [0, 0.1) is 0 Å². The second-order valence-electron chi connectivity index (χ2n) is 10.6. The van der Waals surface area contributed by atoms with Gasteiger partial charge in [-0.1, -0.05) is 78.1 Å². The molecule has 0 aliphatic carbocycles. The molecule has 6 rings (SSSR count). The number of nitrogens with one attached hydrogen (secondary N) is 1. The molecule has 1 aliphatic heterocycles. The van der Waals surface area contributed by atoms with Gasteiger partial charge in [-0.3, -0.25) is 14.2 Å². The second kappa shape index (κ2) is 13.7. The number of carbonyl (C=O) groups excluding carboxylic acids is 1. The number of thiazole rings is 1. The topological polar surface area (TPSA) is 91.2 Å². The number of hydrogen-bond donors (Lipinski definition) is 1. The van der Waals surface area contributed by atoms with Crippen molar-refractivity contribution in [1.29, 1.82) is 0 Å². The highest BCUT2D eigenvalue weighted by atomic mass is 32.1. The zero-order chi connectivity index (χ0) is 32.0. The van der Waals surface area contributed by atoms with Gasteiger partial charge in [0.15, 0.2) is 16.3 Å². The van der Waals surface area contributed by atoms with Gasteiger partial charge in [-0.2, -0.15) is 0 Å². The molecule has 1 aromatic heterocycles. The third kappa shape index (κ3) is 6.50. The van der Waals surface area contributed by atoms with Crippen molar-refractivity contribution in [2.24, 2.45) is 4.99 Å². The monoisotopic (exact) mass is 631 g/mol. The minimum Gasteiger partial charge on any atom is -0.497 e. The maximum absolute atomic E-state index is 14.2. The minimum absolute atomic E-state index is 0.253. The molecule has 0 spiro atoms. The molecule has 1 amide bonds. The van der Waals surface area contributed by atoms with E-state index in [2.05, 4.69) is 5.32 Å². The number of fused-ring (bicyclic) bond motifs is 1. The third-order valence-corrected chi connectivity index (χ3v) is 8.49. The number of anilines is 1. The first-order valence-electron chi connectivity index (χ1n) is 14.9. The predicted octanol–water partition coefficient (Wildman–Crippen LogP) is 5.86. The van der Waals surface area contributed by atoms with Gasteiger partial charge in [0.2, 0.25) is 0 Å². The highest BCUT2D eigenvalue weighted by Gasteiger charge is 2.32. The summed E-state index contributed by atoms with van der Waals surface area (Å²) < 4.78 is 19.5. The number of hydrogen-bond acceptors (Lipinski definition) is 7. The summed E-state index contributed by atoms with van der Waals surface area (Å²) in [5.41, 5.74) is 3.87. The standard InChI is InChI=1S/C37H33N3O5S/c1-4-44-31-20-26(18-19-30(31)45-23-25-12-7-5-8-13-25)21-32-36(42)40-34(27-14-11-17-29(22-27)43-3)33(24(2)38-37(40)46-32)35(41)39-28-15-9-6-10-16-28/h5-22,34H,4,23H2,1-3H3,(H,39,41)/b32-21-/t34-/m1/s1. The molecule has 1 atom stereocenters. The molecule has 2 heterocycles. The van der Waals surface area contributed by atoms with Crippen LogP contribution in [-0.2, 0) is 11.4 Å². The number of nitrogens with zero attached hydrogens (tertiary/aromatic N) is 2. The van der Waals surface area contributed by atoms with Crippen LogP contribution >= 0.6 is 11.3 Å². The number of rotatable bonds is 10. The number of methoxy groups -OCH3 is 1. The molecule has 0 radical (unpaired) electrons. The summed E-state index contributed by atoms with van der Waals surface area (Å²) in [5.74, 6) is 1.49. The van der Waals surface area contributed by atoms with Crippen LogP contribution < -0.4 is 34.4 Å². The molecular formula is C37H33N3O5S. The molecule has 46 heavy (non-hydrogen) atoms. The smallest absolute Gasteiger partial charge is 0.271 e. The molecular weight excluding hydrogens is 598 g/mol. The molecule has 0 saturated heterocycles. The van der Waals surface area contributed by atoms with E-state index in [-0.39, 0.29) is 11.5 Å². The summed E-state index contributed by atoms with van der Waals surface area (Å²) in [6.45, 7) is 4.58. The lowest BCUT2D eigenvalue weighted by Gasteiger charge is -2.25. The molecule has 4 aromatic carbocycles. The van der Waals surface area contributed by atoms with E-state index in [0.29, 0.717) is 56.8 Å². The lowest BCUT2D eigenvalue weighted by Crippen LogP contribution is -2.40. The Bertz CT molecular complexity index is 2090. The molecule has 232 valence electrons. The van der Waals surface area contributed by atoms with Crippen molar-refractivity contribution in [1.82, 2.24) is 4.57 Å². The van der Waals surface area contributed by atoms with E-state index in [1.807, 2.05) is 116 Å². The Hall–Kier alpha value is -5.41. The lowest BCUT2D eigenvalue weighted by atomic mass is 9.95. The van der Waals surface area contributed by atoms with Gasteiger partial charge in [0.1, 0.15) is 12.4 Å². The molecule has 0 unspecified atom stereocenters. The van der Waals surface area contributed by atoms with Crippen molar-refractivity contribution in [2.75, 3.05) is 19.0 Å². The van der Waals surface area contributed by atoms with E-state index < -0.39 is 6.04 Å². The van der Waals surface area contributed by atoms with Gasteiger partial charge < -0.3 is 19.5 Å². The fourth-order valence-corrected chi connectivity index (χ4v) is 6.39. The molecule has 0 bridgehead atoms. The number of ether oxygens (including phenoxy) is 3. The number of para-hydroxylation sites is 1. The van der Waals surface area contributed by atoms with Crippen LogP contribution in [0.4, 0.5) is 5.69 Å². The van der Waals surface area contributed by atoms with E-state index in [4.69, 9.17) is 19.2 Å². The zero-order valence-corrected chi connectivity index (χ0v) is 26.5. The second-order valence-corrected chi connectivity index (χ2v) is 11.6. The number of carbonyl (C=O) groups is 1. The van der Waals surface area contributed by atoms with Gasteiger partial charge in [0.25, 0.3) is 11.5 Å². The SMILES string of the molecule is CCOc1cc(/C=c2\sc3n(c2=O)[C@H](c2cccc(OC)c2)C(C(=O)Nc2ccccc2)=C(C)N=3)ccc1OCc1ccccc1. The molecule has 0 saturated carbocycles. The maximum atomic E-state index is 14.2. The summed E-state index contributed by atoms with van der Waals surface area (Å²) >= 11 is 1.28. The van der Waals surface area contributed by atoms with Crippen LogP contribution in [0.1, 0.15) is 36.6 Å². The molecule has 8 nitrogen and oxygen atoms in total. The Labute approximate surface area is 270 Å². The highest BCUT2D eigenvalue weighted by molar-refractivity contribution is 7.07. The van der Waals surface area contributed by atoms with E-state index >= 15 is 0 Å². The largest absolute Gasteiger partial charge is 0.497 e. The van der Waals surface area contributed by atoms with Gasteiger partial charge in [-0.25, -0.2) is 4.99 Å². The van der Waals surface area contributed by atoms with Crippen molar-refractivity contribution in [2.45, 2.75) is 26.5 Å². The normalized spacial score (nSPS) is 14.3. The summed E-state index contributed by atoms with van der Waals surface area (Å²) in [6, 6.07) is 31.5. The van der Waals surface area contributed by atoms with E-state index in [1.54, 1.807) is 18.6 Å². The van der Waals surface area contributed by atoms with Crippen LogP contribution in [0.5, 0.6) is 17.2 Å². The van der Waals surface area contributed by atoms with Crippen LogP contribution in [0.15, 0.2) is 124 Å². The quantitative estimate of drug-likeness (QED) is 0.209. The number of amides is 1. The van der Waals surface area contributed by atoms with Crippen molar-refractivity contribution >= 4 is 29.0 Å². The Kier molecular flexibility index (Phi) is 9.12. The van der Waals surface area contributed by atoms with Gasteiger partial charge >= 0.3 is 0 Å². The van der Waals surface area contributed by atoms with Crippen LogP contribution in [0.3, 0.4) is 0 Å². The Morgan fingerprint density at radius 3 is 2.43 bits per heavy atom. The van der Waals surface area contributed by atoms with Gasteiger partial charge in [0.05, 0.1) is 35.6 Å². The third-order valence-electron chi connectivity index (χ3n) is 7.51. The van der Waals surface area contributed by atoms with Crippen LogP contribution in [0.2, 0.25) is 0 Å². The highest BCUT2D eigenvalue weighted by Crippen LogP contribution is 2.33. The Balaban J connectivity index is 1.41. The van der Waals surface area contributed by atoms with Gasteiger partial charge in [-0.15, -0.1) is 0 Å². The van der Waals surface area contributed by atoms with Crippen molar-refractivity contribution in [3.05, 3.63) is 151 Å². The summed E-state index contributed by atoms with van der Waals surface area (Å²) in [5, 5.41) is 2.98. The molecule has 1 aliphatic rings. The van der Waals surface area contributed by atoms with E-state index in [1.165, 1.54) is 11.3 Å².